The number of nitrogens with zero attached hydrogens (tertiary/aromatic N) is 2. The van der Waals surface area contributed by atoms with E-state index in [2.05, 4.69) is 5.10 Å². The van der Waals surface area contributed by atoms with Gasteiger partial charge in [0.25, 0.3) is 0 Å². The first-order chi connectivity index (χ1) is 7.35. The van der Waals surface area contributed by atoms with Crippen LogP contribution in [0.2, 0.25) is 0 Å². The highest BCUT2D eigenvalue weighted by molar-refractivity contribution is 5.23. The topological polar surface area (TPSA) is 38.0 Å². The minimum Gasteiger partial charge on any atom is -0.392 e. The molecule has 0 spiro atoms. The van der Waals surface area contributed by atoms with E-state index < -0.39 is 12.6 Å². The highest BCUT2D eigenvalue weighted by Crippen LogP contribution is 2.22. The largest absolute Gasteiger partial charge is 0.392 e. The minimum absolute atomic E-state index is 0.0102. The Hall–Kier alpha value is -1.04. The fraction of sp³-hybridized carbons (Fsp3) is 0.700. The molecule has 1 aromatic rings. The maximum absolute atomic E-state index is 11.9. The summed E-state index contributed by atoms with van der Waals surface area (Å²) in [6, 6.07) is 0. The van der Waals surface area contributed by atoms with Gasteiger partial charge in [-0.25, -0.2) is 0 Å². The summed E-state index contributed by atoms with van der Waals surface area (Å²) >= 11 is 0. The zero-order valence-corrected chi connectivity index (χ0v) is 9.30. The highest BCUT2D eigenvalue weighted by atomic mass is 19.4. The Balaban J connectivity index is 2.61. The van der Waals surface area contributed by atoms with Gasteiger partial charge in [0.15, 0.2) is 0 Å². The van der Waals surface area contributed by atoms with E-state index in [9.17, 15) is 13.2 Å². The van der Waals surface area contributed by atoms with E-state index in [1.54, 1.807) is 13.8 Å². The first-order valence-electron chi connectivity index (χ1n) is 5.05. The number of halogens is 3. The molecule has 0 radical (unpaired) electrons. The molecule has 0 aromatic carbocycles. The van der Waals surface area contributed by atoms with E-state index in [1.165, 1.54) is 4.68 Å². The monoisotopic (exact) mass is 236 g/mol. The molecule has 6 heteroatoms. The Morgan fingerprint density at radius 3 is 2.38 bits per heavy atom. The number of hydrogen-bond donors (Lipinski definition) is 1. The Kier molecular flexibility index (Phi) is 3.96. The van der Waals surface area contributed by atoms with Crippen LogP contribution < -0.4 is 0 Å². The summed E-state index contributed by atoms with van der Waals surface area (Å²) < 4.78 is 37.3. The lowest BCUT2D eigenvalue weighted by Gasteiger charge is -2.07. The van der Waals surface area contributed by atoms with Crippen molar-refractivity contribution in [1.29, 1.82) is 0 Å². The van der Waals surface area contributed by atoms with Crippen LogP contribution in [0.15, 0.2) is 0 Å². The van der Waals surface area contributed by atoms with E-state index in [4.69, 9.17) is 5.11 Å². The molecule has 1 rings (SSSR count). The van der Waals surface area contributed by atoms with E-state index in [0.717, 1.165) is 5.69 Å². The van der Waals surface area contributed by atoms with Gasteiger partial charge in [-0.3, -0.25) is 4.68 Å². The Labute approximate surface area is 91.9 Å². The lowest BCUT2D eigenvalue weighted by atomic mass is 10.2. The third kappa shape index (κ3) is 3.23. The van der Waals surface area contributed by atoms with Gasteiger partial charge >= 0.3 is 6.18 Å². The van der Waals surface area contributed by atoms with Gasteiger partial charge in [0.05, 0.1) is 12.3 Å². The summed E-state index contributed by atoms with van der Waals surface area (Å²) in [6.45, 7) is 3.58. The van der Waals surface area contributed by atoms with Gasteiger partial charge in [0.1, 0.15) is 0 Å². The molecule has 16 heavy (non-hydrogen) atoms. The molecular formula is C10H15F3N2O. The molecule has 0 aliphatic carbocycles. The van der Waals surface area contributed by atoms with Crippen LogP contribution >= 0.6 is 0 Å². The summed E-state index contributed by atoms with van der Waals surface area (Å²) in [7, 11) is 0. The molecule has 1 aromatic heterocycles. The van der Waals surface area contributed by atoms with Gasteiger partial charge in [-0.1, -0.05) is 0 Å². The van der Waals surface area contributed by atoms with Crippen LogP contribution in [0.1, 0.15) is 29.8 Å². The molecule has 0 aliphatic heterocycles. The lowest BCUT2D eigenvalue weighted by Crippen LogP contribution is -2.10. The smallest absolute Gasteiger partial charge is 0.389 e. The van der Waals surface area contributed by atoms with Crippen molar-refractivity contribution in [3.63, 3.8) is 0 Å². The number of aryl methyl sites for hydroxylation is 2. The second-order valence-electron chi connectivity index (χ2n) is 3.75. The molecule has 0 aliphatic rings. The molecule has 0 saturated heterocycles. The second kappa shape index (κ2) is 4.86. The van der Waals surface area contributed by atoms with Gasteiger partial charge in [-0.15, -0.1) is 0 Å². The van der Waals surface area contributed by atoms with E-state index in [1.807, 2.05) is 0 Å². The van der Waals surface area contributed by atoms with Gasteiger partial charge in [-0.05, 0) is 20.3 Å². The van der Waals surface area contributed by atoms with Crippen molar-refractivity contribution in [2.45, 2.75) is 46.0 Å². The van der Waals surface area contributed by atoms with Crippen LogP contribution in [-0.2, 0) is 13.2 Å². The first kappa shape index (κ1) is 13.0. The molecule has 0 saturated carbocycles. The number of aromatic nitrogens is 2. The van der Waals surface area contributed by atoms with Crippen molar-refractivity contribution < 1.29 is 18.3 Å². The summed E-state index contributed by atoms with van der Waals surface area (Å²) in [6.07, 6.45) is -4.91. The Bertz CT molecular complexity index is 358. The van der Waals surface area contributed by atoms with Crippen LogP contribution in [0.5, 0.6) is 0 Å². The molecule has 0 unspecified atom stereocenters. The van der Waals surface area contributed by atoms with Crippen molar-refractivity contribution in [1.82, 2.24) is 9.78 Å². The Morgan fingerprint density at radius 2 is 1.94 bits per heavy atom. The average molecular weight is 236 g/mol. The molecule has 0 fully saturated rings. The molecule has 3 nitrogen and oxygen atoms in total. The number of hydrogen-bond acceptors (Lipinski definition) is 2. The molecule has 0 atom stereocenters. The van der Waals surface area contributed by atoms with Crippen molar-refractivity contribution >= 4 is 0 Å². The standard InChI is InChI=1S/C10H15F3N2O/c1-7-9(6-16)8(2)15(14-7)5-3-4-10(11,12)13/h16H,3-6H2,1-2H3. The van der Waals surface area contributed by atoms with E-state index >= 15 is 0 Å². The van der Waals surface area contributed by atoms with Gasteiger partial charge in [0.2, 0.25) is 0 Å². The summed E-state index contributed by atoms with van der Waals surface area (Å²) in [4.78, 5) is 0. The quantitative estimate of drug-likeness (QED) is 0.871. The zero-order chi connectivity index (χ0) is 12.3. The SMILES string of the molecule is Cc1nn(CCCC(F)(F)F)c(C)c1CO. The minimum atomic E-state index is -4.12. The fourth-order valence-electron chi connectivity index (χ4n) is 1.61. The van der Waals surface area contributed by atoms with Gasteiger partial charge in [-0.2, -0.15) is 18.3 Å². The number of rotatable bonds is 4. The summed E-state index contributed by atoms with van der Waals surface area (Å²) in [5.41, 5.74) is 2.11. The van der Waals surface area contributed by atoms with Crippen LogP contribution in [-0.4, -0.2) is 21.1 Å². The third-order valence-corrected chi connectivity index (χ3v) is 2.52. The van der Waals surface area contributed by atoms with Crippen molar-refractivity contribution in [3.05, 3.63) is 17.0 Å². The Morgan fingerprint density at radius 1 is 1.31 bits per heavy atom. The van der Waals surface area contributed by atoms with Gasteiger partial charge in [0, 0.05) is 24.2 Å². The summed E-state index contributed by atoms with van der Waals surface area (Å²) in [5, 5.41) is 13.1. The highest BCUT2D eigenvalue weighted by Gasteiger charge is 2.26. The molecule has 92 valence electrons. The summed E-state index contributed by atoms with van der Waals surface area (Å²) in [5.74, 6) is 0. The normalized spacial score (nSPS) is 12.1. The van der Waals surface area contributed by atoms with Gasteiger partial charge < -0.3 is 5.11 Å². The van der Waals surface area contributed by atoms with Crippen LogP contribution in [0, 0.1) is 13.8 Å². The predicted octanol–water partition coefficient (Wildman–Crippen LogP) is 2.33. The third-order valence-electron chi connectivity index (χ3n) is 2.52. The lowest BCUT2D eigenvalue weighted by molar-refractivity contribution is -0.136. The second-order valence-corrected chi connectivity index (χ2v) is 3.75. The van der Waals surface area contributed by atoms with Crippen LogP contribution in [0.4, 0.5) is 13.2 Å². The van der Waals surface area contributed by atoms with Crippen LogP contribution in [0.3, 0.4) is 0 Å². The predicted molar refractivity (Wildman–Crippen MR) is 52.9 cm³/mol. The zero-order valence-electron chi connectivity index (χ0n) is 9.30. The molecule has 0 bridgehead atoms. The average Bonchev–Trinajstić information content (AvgIpc) is 2.40. The maximum Gasteiger partial charge on any atom is 0.389 e. The van der Waals surface area contributed by atoms with E-state index in [-0.39, 0.29) is 19.6 Å². The fourth-order valence-corrected chi connectivity index (χ4v) is 1.61. The van der Waals surface area contributed by atoms with E-state index in [0.29, 0.717) is 11.3 Å². The molecule has 1 heterocycles. The molecule has 0 amide bonds. The van der Waals surface area contributed by atoms with Crippen molar-refractivity contribution in [2.24, 2.45) is 0 Å². The number of alkyl halides is 3. The number of aliphatic hydroxyl groups excluding tert-OH is 1. The molecular weight excluding hydrogens is 221 g/mol. The first-order valence-corrected chi connectivity index (χ1v) is 5.05. The molecule has 1 N–H and O–H groups in total. The van der Waals surface area contributed by atoms with Crippen LogP contribution in [0.25, 0.3) is 0 Å². The van der Waals surface area contributed by atoms with Crippen molar-refractivity contribution in [3.8, 4) is 0 Å². The maximum atomic E-state index is 11.9. The number of aliphatic hydroxyl groups is 1. The van der Waals surface area contributed by atoms with Crippen molar-refractivity contribution in [2.75, 3.05) is 0 Å².